The molecule has 7 heteroatoms. The molecule has 1 amide bonds. The molecule has 0 saturated carbocycles. The number of aryl methyl sites for hydroxylation is 1. The topological polar surface area (TPSA) is 105 Å². The summed E-state index contributed by atoms with van der Waals surface area (Å²) in [7, 11) is 0. The normalized spacial score (nSPS) is 11.8. The van der Waals surface area contributed by atoms with E-state index in [0.29, 0.717) is 16.4 Å². The van der Waals surface area contributed by atoms with Crippen molar-refractivity contribution in [3.63, 3.8) is 0 Å². The molecular formula is C13H13N3O3S. The number of aromatic nitrogens is 1. The standard InChI is InChI=1S/C13H13N3O3S/c1-7-5-8(12(14)17)6-10(15-7)16-11(13(18)19)9-3-2-4-20-9/h2-6,11H,1H3,(H2,14,17)(H,15,16)(H,18,19). The molecule has 1 unspecified atom stereocenters. The average Bonchev–Trinajstić information content (AvgIpc) is 2.88. The zero-order chi connectivity index (χ0) is 14.7. The lowest BCUT2D eigenvalue weighted by molar-refractivity contribution is -0.138. The van der Waals surface area contributed by atoms with Gasteiger partial charge in [0.25, 0.3) is 0 Å². The number of hydrogen-bond acceptors (Lipinski definition) is 5. The number of carbonyl (C=O) groups excluding carboxylic acids is 1. The van der Waals surface area contributed by atoms with Crippen LogP contribution < -0.4 is 11.1 Å². The number of carboxylic acid groups (broad SMARTS) is 1. The smallest absolute Gasteiger partial charge is 0.331 e. The van der Waals surface area contributed by atoms with Gasteiger partial charge in [0, 0.05) is 16.1 Å². The monoisotopic (exact) mass is 291 g/mol. The first-order valence-electron chi connectivity index (χ1n) is 5.78. The Morgan fingerprint density at radius 2 is 2.20 bits per heavy atom. The molecule has 0 aliphatic rings. The average molecular weight is 291 g/mol. The van der Waals surface area contributed by atoms with Crippen molar-refractivity contribution in [3.8, 4) is 0 Å². The first-order valence-corrected chi connectivity index (χ1v) is 6.66. The van der Waals surface area contributed by atoms with Crippen LogP contribution in [-0.4, -0.2) is 22.0 Å². The highest BCUT2D eigenvalue weighted by Crippen LogP contribution is 2.23. The number of amides is 1. The van der Waals surface area contributed by atoms with E-state index in [1.54, 1.807) is 30.5 Å². The molecule has 0 aliphatic heterocycles. The Balaban J connectivity index is 2.32. The van der Waals surface area contributed by atoms with Gasteiger partial charge in [0.2, 0.25) is 5.91 Å². The largest absolute Gasteiger partial charge is 0.479 e. The summed E-state index contributed by atoms with van der Waals surface area (Å²) in [5.41, 5.74) is 6.10. The third-order valence-electron chi connectivity index (χ3n) is 2.60. The summed E-state index contributed by atoms with van der Waals surface area (Å²) in [6.45, 7) is 1.71. The first-order chi connectivity index (χ1) is 9.47. The number of thiophene rings is 1. The maximum Gasteiger partial charge on any atom is 0.331 e. The van der Waals surface area contributed by atoms with Gasteiger partial charge in [-0.3, -0.25) is 4.79 Å². The molecule has 2 aromatic rings. The van der Waals surface area contributed by atoms with Crippen LogP contribution in [0.3, 0.4) is 0 Å². The van der Waals surface area contributed by atoms with E-state index in [2.05, 4.69) is 10.3 Å². The summed E-state index contributed by atoms with van der Waals surface area (Å²) < 4.78 is 0. The Hall–Kier alpha value is -2.41. The van der Waals surface area contributed by atoms with Crippen LogP contribution in [0.5, 0.6) is 0 Å². The fourth-order valence-electron chi connectivity index (χ4n) is 1.74. The quantitative estimate of drug-likeness (QED) is 0.778. The zero-order valence-corrected chi connectivity index (χ0v) is 11.5. The molecule has 104 valence electrons. The van der Waals surface area contributed by atoms with Crippen molar-refractivity contribution in [1.29, 1.82) is 0 Å². The Morgan fingerprint density at radius 3 is 2.75 bits per heavy atom. The Labute approximate surface area is 119 Å². The molecule has 0 radical (unpaired) electrons. The van der Waals surface area contributed by atoms with Gasteiger partial charge >= 0.3 is 5.97 Å². The van der Waals surface area contributed by atoms with Gasteiger partial charge in [-0.2, -0.15) is 0 Å². The molecule has 0 aliphatic carbocycles. The number of nitrogens with zero attached hydrogens (tertiary/aromatic N) is 1. The van der Waals surface area contributed by atoms with Gasteiger partial charge in [-0.05, 0) is 30.5 Å². The summed E-state index contributed by atoms with van der Waals surface area (Å²) in [6, 6.07) is 5.58. The number of carbonyl (C=O) groups is 2. The number of carboxylic acids is 1. The summed E-state index contributed by atoms with van der Waals surface area (Å²) >= 11 is 1.33. The zero-order valence-electron chi connectivity index (χ0n) is 10.7. The Morgan fingerprint density at radius 1 is 1.45 bits per heavy atom. The predicted molar refractivity (Wildman–Crippen MR) is 75.8 cm³/mol. The van der Waals surface area contributed by atoms with Crippen molar-refractivity contribution in [2.24, 2.45) is 5.73 Å². The number of pyridine rings is 1. The molecule has 2 aromatic heterocycles. The number of hydrogen-bond donors (Lipinski definition) is 3. The van der Waals surface area contributed by atoms with E-state index in [9.17, 15) is 14.7 Å². The van der Waals surface area contributed by atoms with Gasteiger partial charge in [0.1, 0.15) is 5.82 Å². The Bertz CT molecular complexity index is 640. The van der Waals surface area contributed by atoms with Gasteiger partial charge < -0.3 is 16.2 Å². The van der Waals surface area contributed by atoms with Crippen molar-refractivity contribution in [2.45, 2.75) is 13.0 Å². The van der Waals surface area contributed by atoms with Gasteiger partial charge in [0.05, 0.1) is 0 Å². The molecule has 6 nitrogen and oxygen atoms in total. The van der Waals surface area contributed by atoms with Crippen molar-refractivity contribution in [2.75, 3.05) is 5.32 Å². The van der Waals surface area contributed by atoms with Crippen molar-refractivity contribution in [1.82, 2.24) is 4.98 Å². The lowest BCUT2D eigenvalue weighted by Gasteiger charge is -2.14. The van der Waals surface area contributed by atoms with Crippen LogP contribution in [0.25, 0.3) is 0 Å². The Kier molecular flexibility index (Phi) is 3.99. The molecule has 0 fully saturated rings. The van der Waals surface area contributed by atoms with Crippen LogP contribution in [0.4, 0.5) is 5.82 Å². The lowest BCUT2D eigenvalue weighted by Crippen LogP contribution is -2.21. The van der Waals surface area contributed by atoms with Crippen LogP contribution in [0.2, 0.25) is 0 Å². The number of primary amides is 1. The maximum atomic E-state index is 11.3. The van der Waals surface area contributed by atoms with E-state index >= 15 is 0 Å². The number of nitrogens with two attached hydrogens (primary N) is 1. The minimum atomic E-state index is -1.02. The van der Waals surface area contributed by atoms with Crippen LogP contribution >= 0.6 is 11.3 Å². The van der Waals surface area contributed by atoms with Gasteiger partial charge in [-0.1, -0.05) is 6.07 Å². The number of anilines is 1. The minimum Gasteiger partial charge on any atom is -0.479 e. The van der Waals surface area contributed by atoms with E-state index in [1.165, 1.54) is 17.4 Å². The highest BCUT2D eigenvalue weighted by Gasteiger charge is 2.21. The third kappa shape index (κ3) is 3.12. The predicted octanol–water partition coefficient (Wildman–Crippen LogP) is 1.79. The molecular weight excluding hydrogens is 278 g/mol. The molecule has 2 heterocycles. The second-order valence-corrected chi connectivity index (χ2v) is 5.16. The molecule has 2 rings (SSSR count). The molecule has 0 spiro atoms. The lowest BCUT2D eigenvalue weighted by atomic mass is 10.2. The fraction of sp³-hybridized carbons (Fsp3) is 0.154. The van der Waals surface area contributed by atoms with E-state index in [-0.39, 0.29) is 5.56 Å². The van der Waals surface area contributed by atoms with E-state index in [4.69, 9.17) is 5.73 Å². The molecule has 0 saturated heterocycles. The van der Waals surface area contributed by atoms with Crippen LogP contribution in [0.15, 0.2) is 29.6 Å². The SMILES string of the molecule is Cc1cc(C(N)=O)cc(NC(C(=O)O)c2cccs2)n1. The van der Waals surface area contributed by atoms with E-state index in [0.717, 1.165) is 0 Å². The summed E-state index contributed by atoms with van der Waals surface area (Å²) in [6.07, 6.45) is 0. The molecule has 0 aromatic carbocycles. The first kappa shape index (κ1) is 14.0. The number of nitrogens with one attached hydrogen (secondary N) is 1. The van der Waals surface area contributed by atoms with E-state index in [1.807, 2.05) is 0 Å². The van der Waals surface area contributed by atoms with Crippen LogP contribution in [-0.2, 0) is 4.79 Å². The van der Waals surface area contributed by atoms with Crippen LogP contribution in [0, 0.1) is 6.92 Å². The van der Waals surface area contributed by atoms with E-state index < -0.39 is 17.9 Å². The second-order valence-electron chi connectivity index (χ2n) is 4.18. The number of rotatable bonds is 5. The van der Waals surface area contributed by atoms with Gasteiger partial charge in [0.15, 0.2) is 6.04 Å². The minimum absolute atomic E-state index is 0.287. The number of aliphatic carboxylic acids is 1. The third-order valence-corrected chi connectivity index (χ3v) is 3.54. The second kappa shape index (κ2) is 5.70. The summed E-state index contributed by atoms with van der Waals surface area (Å²) in [5.74, 6) is -1.29. The van der Waals surface area contributed by atoms with Gasteiger partial charge in [-0.15, -0.1) is 11.3 Å². The van der Waals surface area contributed by atoms with Crippen molar-refractivity contribution < 1.29 is 14.7 Å². The summed E-state index contributed by atoms with van der Waals surface area (Å²) in [5, 5.41) is 13.9. The van der Waals surface area contributed by atoms with Crippen molar-refractivity contribution >= 4 is 29.0 Å². The maximum absolute atomic E-state index is 11.3. The van der Waals surface area contributed by atoms with Crippen molar-refractivity contribution in [3.05, 3.63) is 45.8 Å². The highest BCUT2D eigenvalue weighted by atomic mass is 32.1. The fourth-order valence-corrected chi connectivity index (χ4v) is 2.51. The molecule has 0 bridgehead atoms. The molecule has 20 heavy (non-hydrogen) atoms. The molecule has 4 N–H and O–H groups in total. The van der Waals surface area contributed by atoms with Gasteiger partial charge in [-0.25, -0.2) is 9.78 Å². The highest BCUT2D eigenvalue weighted by molar-refractivity contribution is 7.10. The summed E-state index contributed by atoms with van der Waals surface area (Å²) in [4.78, 5) is 27.4. The van der Waals surface area contributed by atoms with Crippen LogP contribution in [0.1, 0.15) is 27.0 Å². The molecule has 1 atom stereocenters.